The summed E-state index contributed by atoms with van der Waals surface area (Å²) in [6.07, 6.45) is 0. The van der Waals surface area contributed by atoms with Crippen LogP contribution in [-0.2, 0) is 10.0 Å². The SMILES string of the molecule is CNS(=O)(=O)c1ccc(N)c(Nc2ccc(Cl)cc2)c1. The van der Waals surface area contributed by atoms with Crippen molar-refractivity contribution in [2.24, 2.45) is 0 Å². The van der Waals surface area contributed by atoms with Crippen molar-refractivity contribution in [2.45, 2.75) is 4.90 Å². The van der Waals surface area contributed by atoms with Crippen molar-refractivity contribution in [2.75, 3.05) is 18.1 Å². The van der Waals surface area contributed by atoms with Crippen LogP contribution in [0, 0.1) is 0 Å². The minimum absolute atomic E-state index is 0.144. The van der Waals surface area contributed by atoms with Crippen LogP contribution in [0.5, 0.6) is 0 Å². The van der Waals surface area contributed by atoms with Crippen molar-refractivity contribution in [1.82, 2.24) is 4.72 Å². The predicted octanol–water partition coefficient (Wildman–Crippen LogP) is 2.57. The van der Waals surface area contributed by atoms with E-state index in [0.29, 0.717) is 16.4 Å². The van der Waals surface area contributed by atoms with Gasteiger partial charge in [-0.05, 0) is 49.5 Å². The quantitative estimate of drug-likeness (QED) is 0.758. The number of hydrogen-bond acceptors (Lipinski definition) is 4. The molecule has 0 heterocycles. The molecule has 0 atom stereocenters. The molecule has 4 N–H and O–H groups in total. The van der Waals surface area contributed by atoms with E-state index in [4.69, 9.17) is 17.3 Å². The van der Waals surface area contributed by atoms with Crippen molar-refractivity contribution >= 4 is 38.7 Å². The van der Waals surface area contributed by atoms with Gasteiger partial charge in [0.25, 0.3) is 0 Å². The van der Waals surface area contributed by atoms with Gasteiger partial charge in [0.15, 0.2) is 0 Å². The number of nitrogens with one attached hydrogen (secondary N) is 2. The smallest absolute Gasteiger partial charge is 0.240 e. The third-order valence-electron chi connectivity index (χ3n) is 2.73. The summed E-state index contributed by atoms with van der Waals surface area (Å²) in [5.74, 6) is 0. The van der Waals surface area contributed by atoms with Gasteiger partial charge in [0.2, 0.25) is 10.0 Å². The van der Waals surface area contributed by atoms with E-state index in [2.05, 4.69) is 10.0 Å². The Morgan fingerprint density at radius 3 is 2.35 bits per heavy atom. The number of anilines is 3. The first-order valence-electron chi connectivity index (χ1n) is 5.78. The standard InChI is InChI=1S/C13H14ClN3O2S/c1-16-20(18,19)11-6-7-12(15)13(8-11)17-10-4-2-9(14)3-5-10/h2-8,16-17H,15H2,1H3. The largest absolute Gasteiger partial charge is 0.397 e. The highest BCUT2D eigenvalue weighted by Gasteiger charge is 2.13. The number of nitrogen functional groups attached to an aromatic ring is 1. The number of rotatable bonds is 4. The Kier molecular flexibility index (Phi) is 4.17. The second kappa shape index (κ2) is 5.70. The van der Waals surface area contributed by atoms with Crippen LogP contribution in [0.4, 0.5) is 17.1 Å². The predicted molar refractivity (Wildman–Crippen MR) is 81.8 cm³/mol. The Morgan fingerprint density at radius 1 is 1.10 bits per heavy atom. The van der Waals surface area contributed by atoms with Crippen LogP contribution >= 0.6 is 11.6 Å². The summed E-state index contributed by atoms with van der Waals surface area (Å²) in [5, 5.41) is 3.68. The maximum atomic E-state index is 11.8. The van der Waals surface area contributed by atoms with Gasteiger partial charge in [-0.25, -0.2) is 13.1 Å². The van der Waals surface area contributed by atoms with Crippen molar-refractivity contribution in [3.05, 3.63) is 47.5 Å². The molecule has 2 aromatic carbocycles. The molecule has 0 saturated carbocycles. The molecule has 0 aromatic heterocycles. The first-order chi connectivity index (χ1) is 9.42. The molecule has 7 heteroatoms. The van der Waals surface area contributed by atoms with Crippen LogP contribution in [0.1, 0.15) is 0 Å². The summed E-state index contributed by atoms with van der Waals surface area (Å²) in [4.78, 5) is 0.144. The van der Waals surface area contributed by atoms with Crippen molar-refractivity contribution in [3.8, 4) is 0 Å². The lowest BCUT2D eigenvalue weighted by Gasteiger charge is -2.11. The highest BCUT2D eigenvalue weighted by molar-refractivity contribution is 7.89. The molecular weight excluding hydrogens is 298 g/mol. The highest BCUT2D eigenvalue weighted by atomic mass is 35.5. The lowest BCUT2D eigenvalue weighted by atomic mass is 10.2. The van der Waals surface area contributed by atoms with Gasteiger partial charge in [0.05, 0.1) is 16.3 Å². The molecule has 5 nitrogen and oxygen atoms in total. The van der Waals surface area contributed by atoms with Crippen molar-refractivity contribution < 1.29 is 8.42 Å². The summed E-state index contributed by atoms with van der Waals surface area (Å²) in [5.41, 5.74) is 7.58. The normalized spacial score (nSPS) is 11.3. The van der Waals surface area contributed by atoms with Gasteiger partial charge in [-0.1, -0.05) is 11.6 Å². The third kappa shape index (κ3) is 3.22. The maximum absolute atomic E-state index is 11.8. The second-order valence-corrected chi connectivity index (χ2v) is 6.41. The Labute approximate surface area is 122 Å². The van der Waals surface area contributed by atoms with E-state index in [0.717, 1.165) is 5.69 Å². The van der Waals surface area contributed by atoms with Gasteiger partial charge >= 0.3 is 0 Å². The number of halogens is 1. The molecule has 0 spiro atoms. The van der Waals surface area contributed by atoms with Gasteiger partial charge in [0, 0.05) is 10.7 Å². The van der Waals surface area contributed by atoms with E-state index >= 15 is 0 Å². The fourth-order valence-corrected chi connectivity index (χ4v) is 2.50. The number of benzene rings is 2. The molecule has 0 amide bonds. The van der Waals surface area contributed by atoms with E-state index in [1.807, 2.05) is 0 Å². The second-order valence-electron chi connectivity index (χ2n) is 4.09. The lowest BCUT2D eigenvalue weighted by Crippen LogP contribution is -2.18. The van der Waals surface area contributed by atoms with Crippen LogP contribution in [0.15, 0.2) is 47.4 Å². The van der Waals surface area contributed by atoms with E-state index in [9.17, 15) is 8.42 Å². The molecule has 20 heavy (non-hydrogen) atoms. The Hall–Kier alpha value is -1.76. The van der Waals surface area contributed by atoms with Crippen molar-refractivity contribution in [3.63, 3.8) is 0 Å². The molecule has 2 aromatic rings. The fourth-order valence-electron chi connectivity index (χ4n) is 1.62. The molecule has 0 aliphatic carbocycles. The van der Waals surface area contributed by atoms with Gasteiger partial charge in [-0.3, -0.25) is 0 Å². The van der Waals surface area contributed by atoms with Crippen LogP contribution in [-0.4, -0.2) is 15.5 Å². The topological polar surface area (TPSA) is 84.2 Å². The van der Waals surface area contributed by atoms with Gasteiger partial charge < -0.3 is 11.1 Å². The molecule has 0 saturated heterocycles. The lowest BCUT2D eigenvalue weighted by molar-refractivity contribution is 0.588. The molecule has 0 unspecified atom stereocenters. The molecule has 0 bridgehead atoms. The summed E-state index contributed by atoms with van der Waals surface area (Å²) in [6.45, 7) is 0. The summed E-state index contributed by atoms with van der Waals surface area (Å²) in [7, 11) is -2.14. The Balaban J connectivity index is 2.36. The first-order valence-corrected chi connectivity index (χ1v) is 7.64. The molecule has 0 aliphatic rings. The zero-order chi connectivity index (χ0) is 14.8. The van der Waals surface area contributed by atoms with E-state index in [-0.39, 0.29) is 4.90 Å². The summed E-state index contributed by atoms with van der Waals surface area (Å²) >= 11 is 5.81. The maximum Gasteiger partial charge on any atom is 0.240 e. The number of hydrogen-bond donors (Lipinski definition) is 3. The van der Waals surface area contributed by atoms with Crippen molar-refractivity contribution in [1.29, 1.82) is 0 Å². The molecule has 2 rings (SSSR count). The average molecular weight is 312 g/mol. The van der Waals surface area contributed by atoms with E-state index < -0.39 is 10.0 Å². The first kappa shape index (κ1) is 14.6. The third-order valence-corrected chi connectivity index (χ3v) is 4.39. The summed E-state index contributed by atoms with van der Waals surface area (Å²) in [6, 6.07) is 11.5. The minimum Gasteiger partial charge on any atom is -0.397 e. The zero-order valence-corrected chi connectivity index (χ0v) is 12.3. The van der Waals surface area contributed by atoms with Gasteiger partial charge in [-0.2, -0.15) is 0 Å². The minimum atomic E-state index is -3.50. The average Bonchev–Trinajstić information content (AvgIpc) is 2.43. The Bertz CT molecular complexity index is 715. The number of nitrogens with two attached hydrogens (primary N) is 1. The van der Waals surface area contributed by atoms with Crippen LogP contribution in [0.2, 0.25) is 5.02 Å². The Morgan fingerprint density at radius 2 is 1.75 bits per heavy atom. The van der Waals surface area contributed by atoms with E-state index in [1.54, 1.807) is 30.3 Å². The van der Waals surface area contributed by atoms with Gasteiger partial charge in [-0.15, -0.1) is 0 Å². The molecule has 106 valence electrons. The summed E-state index contributed by atoms with van der Waals surface area (Å²) < 4.78 is 25.8. The zero-order valence-electron chi connectivity index (χ0n) is 10.7. The number of sulfonamides is 1. The monoisotopic (exact) mass is 311 g/mol. The van der Waals surface area contributed by atoms with Crippen LogP contribution in [0.3, 0.4) is 0 Å². The highest BCUT2D eigenvalue weighted by Crippen LogP contribution is 2.26. The molecule has 0 fully saturated rings. The van der Waals surface area contributed by atoms with Gasteiger partial charge in [0.1, 0.15) is 0 Å². The molecular formula is C13H14ClN3O2S. The van der Waals surface area contributed by atoms with E-state index in [1.165, 1.54) is 19.2 Å². The van der Waals surface area contributed by atoms with Crippen LogP contribution < -0.4 is 15.8 Å². The van der Waals surface area contributed by atoms with Crippen LogP contribution in [0.25, 0.3) is 0 Å². The fraction of sp³-hybridized carbons (Fsp3) is 0.0769. The molecule has 0 aliphatic heterocycles. The molecule has 0 radical (unpaired) electrons.